The maximum atomic E-state index is 13.0. The fourth-order valence-electron chi connectivity index (χ4n) is 4.08. The van der Waals surface area contributed by atoms with Gasteiger partial charge in [-0.15, -0.1) is 0 Å². The Bertz CT molecular complexity index is 1070. The number of carbonyl (C=O) groups is 2. The number of aromatic amines is 1. The Kier molecular flexibility index (Phi) is 5.51. The molecule has 0 aliphatic carbocycles. The van der Waals surface area contributed by atoms with E-state index in [1.807, 2.05) is 4.90 Å². The molecule has 1 saturated heterocycles. The van der Waals surface area contributed by atoms with Gasteiger partial charge >= 0.3 is 0 Å². The highest BCUT2D eigenvalue weighted by atomic mass is 35.5. The van der Waals surface area contributed by atoms with Crippen molar-refractivity contribution in [1.29, 1.82) is 0 Å². The van der Waals surface area contributed by atoms with Crippen LogP contribution >= 0.6 is 11.6 Å². The van der Waals surface area contributed by atoms with E-state index in [-0.39, 0.29) is 23.7 Å². The molecule has 30 heavy (non-hydrogen) atoms. The lowest BCUT2D eigenvalue weighted by Gasteiger charge is -2.32. The van der Waals surface area contributed by atoms with Gasteiger partial charge < -0.3 is 15.5 Å². The van der Waals surface area contributed by atoms with E-state index in [1.165, 1.54) is 0 Å². The summed E-state index contributed by atoms with van der Waals surface area (Å²) in [4.78, 5) is 47.5. The monoisotopic (exact) mass is 429 g/mol. The summed E-state index contributed by atoms with van der Waals surface area (Å²) in [7, 11) is 0. The Balaban J connectivity index is 1.66. The second kappa shape index (κ2) is 8.10. The minimum absolute atomic E-state index is 0.122. The summed E-state index contributed by atoms with van der Waals surface area (Å²) in [5.41, 5.74) is 1.04. The SMILES string of the molecule is Cc1c(Cl)cccc1NC(=O)[C@H]1CC(=O)Nc2nc(N3CCC[C@H](C)C3)[nH]c(=O)c21. The summed E-state index contributed by atoms with van der Waals surface area (Å²) in [5, 5.41) is 5.98. The van der Waals surface area contributed by atoms with Crippen molar-refractivity contribution in [3.05, 3.63) is 44.7 Å². The van der Waals surface area contributed by atoms with Crippen LogP contribution < -0.4 is 21.1 Å². The van der Waals surface area contributed by atoms with Crippen LogP contribution in [0.3, 0.4) is 0 Å². The number of carbonyl (C=O) groups excluding carboxylic acids is 2. The second-order valence-electron chi connectivity index (χ2n) is 8.05. The molecule has 2 amide bonds. The molecule has 0 saturated carbocycles. The Morgan fingerprint density at radius 3 is 2.90 bits per heavy atom. The maximum Gasteiger partial charge on any atom is 0.258 e. The predicted octanol–water partition coefficient (Wildman–Crippen LogP) is 3.03. The molecule has 8 nitrogen and oxygen atoms in total. The van der Waals surface area contributed by atoms with E-state index in [4.69, 9.17) is 11.6 Å². The Morgan fingerprint density at radius 2 is 2.13 bits per heavy atom. The predicted molar refractivity (Wildman–Crippen MR) is 116 cm³/mol. The molecule has 4 rings (SSSR count). The lowest BCUT2D eigenvalue weighted by Crippen LogP contribution is -2.40. The average molecular weight is 430 g/mol. The number of hydrogen-bond donors (Lipinski definition) is 3. The minimum atomic E-state index is -0.933. The van der Waals surface area contributed by atoms with Gasteiger partial charge in [0.1, 0.15) is 5.82 Å². The van der Waals surface area contributed by atoms with E-state index in [9.17, 15) is 14.4 Å². The third kappa shape index (κ3) is 3.92. The maximum absolute atomic E-state index is 13.0. The van der Waals surface area contributed by atoms with Crippen LogP contribution in [0.1, 0.15) is 43.2 Å². The van der Waals surface area contributed by atoms with Gasteiger partial charge in [-0.2, -0.15) is 4.98 Å². The first kappa shape index (κ1) is 20.4. The molecule has 0 spiro atoms. The summed E-state index contributed by atoms with van der Waals surface area (Å²) in [6, 6.07) is 5.19. The number of hydrogen-bond acceptors (Lipinski definition) is 5. The molecule has 0 bridgehead atoms. The van der Waals surface area contributed by atoms with E-state index >= 15 is 0 Å². The van der Waals surface area contributed by atoms with Crippen molar-refractivity contribution in [2.75, 3.05) is 28.6 Å². The highest BCUT2D eigenvalue weighted by Gasteiger charge is 2.35. The van der Waals surface area contributed by atoms with Gasteiger partial charge in [0.2, 0.25) is 17.8 Å². The molecule has 0 unspecified atom stereocenters. The van der Waals surface area contributed by atoms with Gasteiger partial charge in [-0.1, -0.05) is 24.6 Å². The van der Waals surface area contributed by atoms with E-state index in [0.717, 1.165) is 31.5 Å². The quantitative estimate of drug-likeness (QED) is 0.695. The number of amides is 2. The zero-order chi connectivity index (χ0) is 21.4. The number of rotatable bonds is 3. The number of nitrogens with zero attached hydrogens (tertiary/aromatic N) is 2. The van der Waals surface area contributed by atoms with Crippen LogP contribution in [0.15, 0.2) is 23.0 Å². The lowest BCUT2D eigenvalue weighted by molar-refractivity contribution is -0.123. The zero-order valence-corrected chi connectivity index (χ0v) is 17.7. The summed E-state index contributed by atoms with van der Waals surface area (Å²) in [6.07, 6.45) is 2.02. The van der Waals surface area contributed by atoms with Crippen LogP contribution in [0.5, 0.6) is 0 Å². The fraction of sp³-hybridized carbons (Fsp3) is 0.429. The molecular formula is C21H24ClN5O3. The molecule has 2 aromatic rings. The fourth-order valence-corrected chi connectivity index (χ4v) is 4.25. The standard InChI is InChI=1S/C21H24ClN5O3/c1-11-5-4-8-27(10-11)21-25-18-17(20(30)26-21)13(9-16(28)24-18)19(29)23-15-7-3-6-14(22)12(15)2/h3,6-7,11,13H,4-5,8-10H2,1-2H3,(H,23,29)(H2,24,25,26,28,30)/t11-,13-/m0/s1. The summed E-state index contributed by atoms with van der Waals surface area (Å²) >= 11 is 6.13. The molecule has 2 aliphatic rings. The van der Waals surface area contributed by atoms with E-state index in [2.05, 4.69) is 27.5 Å². The summed E-state index contributed by atoms with van der Waals surface area (Å²) in [5.74, 6) is -0.639. The molecule has 0 radical (unpaired) electrons. The smallest absolute Gasteiger partial charge is 0.258 e. The molecule has 158 valence electrons. The third-order valence-electron chi connectivity index (χ3n) is 5.74. The van der Waals surface area contributed by atoms with Gasteiger partial charge in [-0.25, -0.2) is 0 Å². The molecule has 3 N–H and O–H groups in total. The van der Waals surface area contributed by atoms with Crippen LogP contribution in [0.2, 0.25) is 5.02 Å². The number of anilines is 3. The number of aromatic nitrogens is 2. The third-order valence-corrected chi connectivity index (χ3v) is 6.15. The summed E-state index contributed by atoms with van der Waals surface area (Å²) < 4.78 is 0. The van der Waals surface area contributed by atoms with Gasteiger partial charge in [-0.05, 0) is 43.4 Å². The second-order valence-corrected chi connectivity index (χ2v) is 8.46. The van der Waals surface area contributed by atoms with Crippen molar-refractivity contribution in [2.45, 2.75) is 39.0 Å². The highest BCUT2D eigenvalue weighted by Crippen LogP contribution is 2.32. The topological polar surface area (TPSA) is 107 Å². The molecule has 9 heteroatoms. The molecule has 2 aliphatic heterocycles. The minimum Gasteiger partial charge on any atom is -0.342 e. The molecular weight excluding hydrogens is 406 g/mol. The van der Waals surface area contributed by atoms with Crippen LogP contribution in [0.4, 0.5) is 17.5 Å². The number of benzene rings is 1. The Labute approximate surface area is 179 Å². The van der Waals surface area contributed by atoms with Crippen molar-refractivity contribution < 1.29 is 9.59 Å². The van der Waals surface area contributed by atoms with E-state index in [1.54, 1.807) is 25.1 Å². The van der Waals surface area contributed by atoms with Crippen LogP contribution in [0, 0.1) is 12.8 Å². The first-order valence-electron chi connectivity index (χ1n) is 10.1. The van der Waals surface area contributed by atoms with E-state index in [0.29, 0.717) is 22.6 Å². The zero-order valence-electron chi connectivity index (χ0n) is 16.9. The van der Waals surface area contributed by atoms with Crippen LogP contribution in [-0.2, 0) is 9.59 Å². The average Bonchev–Trinajstić information content (AvgIpc) is 2.70. The van der Waals surface area contributed by atoms with Gasteiger partial charge in [0.25, 0.3) is 5.56 Å². The molecule has 1 fully saturated rings. The first-order chi connectivity index (χ1) is 14.3. The number of H-pyrrole nitrogens is 1. The molecule has 3 heterocycles. The highest BCUT2D eigenvalue weighted by molar-refractivity contribution is 6.31. The van der Waals surface area contributed by atoms with Crippen molar-refractivity contribution in [1.82, 2.24) is 9.97 Å². The van der Waals surface area contributed by atoms with Gasteiger partial charge in [-0.3, -0.25) is 19.4 Å². The van der Waals surface area contributed by atoms with E-state index < -0.39 is 17.4 Å². The number of fused-ring (bicyclic) bond motifs is 1. The Morgan fingerprint density at radius 1 is 1.33 bits per heavy atom. The number of halogens is 1. The van der Waals surface area contributed by atoms with Crippen LogP contribution in [-0.4, -0.2) is 34.9 Å². The van der Waals surface area contributed by atoms with Crippen molar-refractivity contribution >= 4 is 40.9 Å². The Hall–Kier alpha value is -2.87. The van der Waals surface area contributed by atoms with Gasteiger partial charge in [0.05, 0.1) is 11.5 Å². The molecule has 2 atom stereocenters. The largest absolute Gasteiger partial charge is 0.342 e. The van der Waals surface area contributed by atoms with Crippen LogP contribution in [0.25, 0.3) is 0 Å². The van der Waals surface area contributed by atoms with Crippen molar-refractivity contribution in [3.63, 3.8) is 0 Å². The van der Waals surface area contributed by atoms with Gasteiger partial charge in [0, 0.05) is 30.2 Å². The number of piperidine rings is 1. The molecule has 1 aromatic carbocycles. The first-order valence-corrected chi connectivity index (χ1v) is 10.5. The van der Waals surface area contributed by atoms with Crippen molar-refractivity contribution in [2.24, 2.45) is 5.92 Å². The normalized spacial score (nSPS) is 21.0. The number of nitrogens with one attached hydrogen (secondary N) is 3. The van der Waals surface area contributed by atoms with Crippen molar-refractivity contribution in [3.8, 4) is 0 Å². The van der Waals surface area contributed by atoms with Gasteiger partial charge in [0.15, 0.2) is 0 Å². The lowest BCUT2D eigenvalue weighted by atomic mass is 9.92. The summed E-state index contributed by atoms with van der Waals surface area (Å²) in [6.45, 7) is 5.52. The molecule has 1 aromatic heterocycles.